The number of nitrogens with zero attached hydrogens (tertiary/aromatic N) is 3. The zero-order chi connectivity index (χ0) is 20.4. The van der Waals surface area contributed by atoms with Gasteiger partial charge >= 0.3 is 6.01 Å². The quantitative estimate of drug-likeness (QED) is 0.435. The summed E-state index contributed by atoms with van der Waals surface area (Å²) in [7, 11) is 0. The molecule has 0 atom stereocenters. The van der Waals surface area contributed by atoms with Crippen LogP contribution in [0.1, 0.15) is 20.8 Å². The number of rotatable bonds is 5. The third-order valence-electron chi connectivity index (χ3n) is 4.08. The molecule has 0 unspecified atom stereocenters. The number of benzene rings is 2. The molecule has 7 heteroatoms. The topological polar surface area (TPSA) is 59.9 Å². The fourth-order valence-corrected chi connectivity index (χ4v) is 3.55. The van der Waals surface area contributed by atoms with Crippen molar-refractivity contribution in [2.45, 2.75) is 20.8 Å². The lowest BCUT2D eigenvalue weighted by atomic mass is 9.99. The predicted octanol–water partition coefficient (Wildman–Crippen LogP) is 6.06. The van der Waals surface area contributed by atoms with Gasteiger partial charge in [-0.15, -0.1) is 0 Å². The molecule has 2 aromatic carbocycles. The van der Waals surface area contributed by atoms with Crippen molar-refractivity contribution < 1.29 is 9.13 Å². The van der Waals surface area contributed by atoms with E-state index < -0.39 is 0 Å². The van der Waals surface area contributed by atoms with Gasteiger partial charge in [-0.3, -0.25) is 0 Å². The standard InChI is InChI=1S/C22H21FN4OS/c1-22(2,3)13-28-20-24-11-15(12-25-20)14-4-7-17(8-5-14)26-21-27-18-9-6-16(23)10-19(18)29-21/h4-12H,13H2,1-3H3,(H,26,27). The molecular formula is C22H21FN4OS. The molecule has 0 aliphatic heterocycles. The van der Waals surface area contributed by atoms with Gasteiger partial charge in [-0.25, -0.2) is 19.3 Å². The summed E-state index contributed by atoms with van der Waals surface area (Å²) in [5, 5.41) is 3.99. The molecule has 0 saturated carbocycles. The first kappa shape index (κ1) is 19.3. The molecule has 0 aliphatic rings. The second kappa shape index (κ2) is 7.75. The Morgan fingerprint density at radius 1 is 1.00 bits per heavy atom. The summed E-state index contributed by atoms with van der Waals surface area (Å²) in [4.78, 5) is 13.1. The fourth-order valence-electron chi connectivity index (χ4n) is 2.64. The first-order valence-corrected chi connectivity index (χ1v) is 10.1. The number of hydrogen-bond acceptors (Lipinski definition) is 6. The zero-order valence-electron chi connectivity index (χ0n) is 16.4. The molecule has 1 N–H and O–H groups in total. The second-order valence-electron chi connectivity index (χ2n) is 7.94. The van der Waals surface area contributed by atoms with Gasteiger partial charge in [0, 0.05) is 23.6 Å². The molecule has 0 aliphatic carbocycles. The average molecular weight is 409 g/mol. The lowest BCUT2D eigenvalue weighted by Crippen LogP contribution is -2.17. The van der Waals surface area contributed by atoms with Crippen LogP contribution in [0.2, 0.25) is 0 Å². The Labute approximate surface area is 172 Å². The molecule has 0 amide bonds. The van der Waals surface area contributed by atoms with Gasteiger partial charge in [0.05, 0.1) is 16.8 Å². The molecule has 5 nitrogen and oxygen atoms in total. The largest absolute Gasteiger partial charge is 0.463 e. The van der Waals surface area contributed by atoms with Gasteiger partial charge < -0.3 is 10.1 Å². The molecule has 0 saturated heterocycles. The summed E-state index contributed by atoms with van der Waals surface area (Å²) in [5.74, 6) is -0.255. The van der Waals surface area contributed by atoms with Gasteiger partial charge in [-0.1, -0.05) is 44.2 Å². The maximum Gasteiger partial charge on any atom is 0.316 e. The minimum absolute atomic E-state index is 0.0578. The van der Waals surface area contributed by atoms with Crippen molar-refractivity contribution in [3.8, 4) is 17.1 Å². The van der Waals surface area contributed by atoms with Crippen LogP contribution in [0.3, 0.4) is 0 Å². The molecule has 0 bridgehead atoms. The van der Waals surface area contributed by atoms with E-state index in [1.807, 2.05) is 24.3 Å². The van der Waals surface area contributed by atoms with E-state index in [1.165, 1.54) is 23.5 Å². The second-order valence-corrected chi connectivity index (χ2v) is 8.97. The molecule has 0 radical (unpaired) electrons. The monoisotopic (exact) mass is 408 g/mol. The van der Waals surface area contributed by atoms with Crippen LogP contribution in [-0.4, -0.2) is 21.6 Å². The van der Waals surface area contributed by atoms with Gasteiger partial charge in [0.15, 0.2) is 5.13 Å². The minimum Gasteiger partial charge on any atom is -0.463 e. The smallest absolute Gasteiger partial charge is 0.316 e. The number of anilines is 2. The van der Waals surface area contributed by atoms with E-state index in [0.717, 1.165) is 32.2 Å². The van der Waals surface area contributed by atoms with Crippen LogP contribution in [0.5, 0.6) is 6.01 Å². The van der Waals surface area contributed by atoms with E-state index in [4.69, 9.17) is 4.74 Å². The van der Waals surface area contributed by atoms with Crippen LogP contribution in [0.25, 0.3) is 21.3 Å². The van der Waals surface area contributed by atoms with Crippen LogP contribution in [0.4, 0.5) is 15.2 Å². The van der Waals surface area contributed by atoms with E-state index in [-0.39, 0.29) is 11.2 Å². The molecule has 2 aromatic heterocycles. The van der Waals surface area contributed by atoms with Crippen molar-refractivity contribution in [1.29, 1.82) is 0 Å². The Morgan fingerprint density at radius 2 is 1.72 bits per heavy atom. The van der Waals surface area contributed by atoms with Crippen molar-refractivity contribution in [2.75, 3.05) is 11.9 Å². The summed E-state index contributed by atoms with van der Waals surface area (Å²) < 4.78 is 19.8. The molecule has 148 valence electrons. The molecule has 29 heavy (non-hydrogen) atoms. The third-order valence-corrected chi connectivity index (χ3v) is 5.02. The van der Waals surface area contributed by atoms with E-state index >= 15 is 0 Å². The molecule has 2 heterocycles. The van der Waals surface area contributed by atoms with Crippen LogP contribution < -0.4 is 10.1 Å². The number of hydrogen-bond donors (Lipinski definition) is 1. The van der Waals surface area contributed by atoms with Gasteiger partial charge in [0.2, 0.25) is 0 Å². The number of ether oxygens (including phenoxy) is 1. The highest BCUT2D eigenvalue weighted by Gasteiger charge is 2.12. The van der Waals surface area contributed by atoms with Crippen molar-refractivity contribution in [3.05, 3.63) is 60.7 Å². The first-order chi connectivity index (χ1) is 13.9. The van der Waals surface area contributed by atoms with E-state index in [2.05, 4.69) is 41.0 Å². The van der Waals surface area contributed by atoms with Crippen LogP contribution >= 0.6 is 11.3 Å². The van der Waals surface area contributed by atoms with E-state index in [9.17, 15) is 4.39 Å². The normalized spacial score (nSPS) is 11.6. The number of nitrogens with one attached hydrogen (secondary N) is 1. The molecule has 4 rings (SSSR count). The SMILES string of the molecule is CC(C)(C)COc1ncc(-c2ccc(Nc3nc4ccc(F)cc4s3)cc2)cn1. The van der Waals surface area contributed by atoms with E-state index in [0.29, 0.717) is 12.6 Å². The first-order valence-electron chi connectivity index (χ1n) is 9.24. The van der Waals surface area contributed by atoms with Crippen LogP contribution in [0, 0.1) is 11.2 Å². The summed E-state index contributed by atoms with van der Waals surface area (Å²) in [6, 6.07) is 12.9. The highest BCUT2D eigenvalue weighted by atomic mass is 32.1. The minimum atomic E-state index is -0.255. The Hall–Kier alpha value is -3.06. The van der Waals surface area contributed by atoms with Gasteiger partial charge in [0.25, 0.3) is 0 Å². The summed E-state index contributed by atoms with van der Waals surface area (Å²) >= 11 is 1.42. The number of fused-ring (bicyclic) bond motifs is 1. The van der Waals surface area contributed by atoms with Crippen molar-refractivity contribution in [3.63, 3.8) is 0 Å². The van der Waals surface area contributed by atoms with Crippen molar-refractivity contribution in [2.24, 2.45) is 5.41 Å². The number of thiazole rings is 1. The lowest BCUT2D eigenvalue weighted by molar-refractivity contribution is 0.184. The third kappa shape index (κ3) is 4.86. The Kier molecular flexibility index (Phi) is 5.15. The Morgan fingerprint density at radius 3 is 2.41 bits per heavy atom. The summed E-state index contributed by atoms with van der Waals surface area (Å²) in [5.41, 5.74) is 3.66. The maximum atomic E-state index is 13.3. The highest BCUT2D eigenvalue weighted by molar-refractivity contribution is 7.22. The highest BCUT2D eigenvalue weighted by Crippen LogP contribution is 2.29. The molecule has 0 spiro atoms. The zero-order valence-corrected chi connectivity index (χ0v) is 17.3. The lowest BCUT2D eigenvalue weighted by Gasteiger charge is -2.17. The fraction of sp³-hybridized carbons (Fsp3) is 0.227. The van der Waals surface area contributed by atoms with Crippen molar-refractivity contribution >= 4 is 32.4 Å². The van der Waals surface area contributed by atoms with E-state index in [1.54, 1.807) is 18.5 Å². The number of halogens is 1. The molecular weight excluding hydrogens is 387 g/mol. The Bertz CT molecular complexity index is 1120. The molecule has 4 aromatic rings. The summed E-state index contributed by atoms with van der Waals surface area (Å²) in [6.07, 6.45) is 3.52. The van der Waals surface area contributed by atoms with Crippen LogP contribution in [0.15, 0.2) is 54.9 Å². The van der Waals surface area contributed by atoms with Gasteiger partial charge in [-0.2, -0.15) is 0 Å². The van der Waals surface area contributed by atoms with Gasteiger partial charge in [-0.05, 0) is 41.3 Å². The van der Waals surface area contributed by atoms with Gasteiger partial charge in [0.1, 0.15) is 5.82 Å². The maximum absolute atomic E-state index is 13.3. The number of aromatic nitrogens is 3. The molecule has 0 fully saturated rings. The van der Waals surface area contributed by atoms with Crippen LogP contribution in [-0.2, 0) is 0 Å². The average Bonchev–Trinajstić information content (AvgIpc) is 3.08. The van der Waals surface area contributed by atoms with Crippen molar-refractivity contribution in [1.82, 2.24) is 15.0 Å². The predicted molar refractivity (Wildman–Crippen MR) is 115 cm³/mol. The summed E-state index contributed by atoms with van der Waals surface area (Å²) in [6.45, 7) is 6.86. The Balaban J connectivity index is 1.44.